The van der Waals surface area contributed by atoms with Gasteiger partial charge in [0.1, 0.15) is 0 Å². The summed E-state index contributed by atoms with van der Waals surface area (Å²) in [6.07, 6.45) is 0. The van der Waals surface area contributed by atoms with Crippen molar-refractivity contribution in [2.75, 3.05) is 19.5 Å². The summed E-state index contributed by atoms with van der Waals surface area (Å²) < 4.78 is 10.5. The van der Waals surface area contributed by atoms with Gasteiger partial charge >= 0.3 is 0 Å². The highest BCUT2D eigenvalue weighted by atomic mass is 16.5. The van der Waals surface area contributed by atoms with E-state index in [0.29, 0.717) is 6.54 Å². The van der Waals surface area contributed by atoms with Gasteiger partial charge in [0.25, 0.3) is 0 Å². The van der Waals surface area contributed by atoms with Crippen LogP contribution in [0.2, 0.25) is 0 Å². The molecule has 2 N–H and O–H groups in total. The molecule has 0 aliphatic heterocycles. The van der Waals surface area contributed by atoms with Gasteiger partial charge in [-0.2, -0.15) is 0 Å². The van der Waals surface area contributed by atoms with Crippen molar-refractivity contribution in [2.24, 2.45) is 0 Å². The maximum Gasteiger partial charge on any atom is 0.161 e. The molecule has 0 amide bonds. The van der Waals surface area contributed by atoms with E-state index >= 15 is 0 Å². The maximum absolute atomic E-state index is 9.00. The number of benzene rings is 2. The molecule has 0 heterocycles. The molecule has 0 aromatic heterocycles. The summed E-state index contributed by atoms with van der Waals surface area (Å²) in [6, 6.07) is 13.5. The molecule has 0 aliphatic rings. The second kappa shape index (κ2) is 6.82. The average molecular weight is 273 g/mol. The summed E-state index contributed by atoms with van der Waals surface area (Å²) in [6.45, 7) is 0.759. The Morgan fingerprint density at radius 3 is 2.15 bits per heavy atom. The van der Waals surface area contributed by atoms with E-state index in [9.17, 15) is 0 Å². The Bertz CT molecular complexity index is 552. The van der Waals surface area contributed by atoms with Crippen LogP contribution in [0.15, 0.2) is 42.5 Å². The van der Waals surface area contributed by atoms with Gasteiger partial charge in [-0.05, 0) is 35.4 Å². The minimum atomic E-state index is 0.0654. The molecule has 0 bridgehead atoms. The Morgan fingerprint density at radius 2 is 1.55 bits per heavy atom. The van der Waals surface area contributed by atoms with Gasteiger partial charge < -0.3 is 19.9 Å². The van der Waals surface area contributed by atoms with Gasteiger partial charge in [0.2, 0.25) is 0 Å². The SMILES string of the molecule is COc1ccc(CNc2ccc(CO)cc2)cc1OC. The zero-order valence-electron chi connectivity index (χ0n) is 11.7. The molecule has 2 aromatic carbocycles. The van der Waals surface area contributed by atoms with Crippen LogP contribution in [0.1, 0.15) is 11.1 Å². The largest absolute Gasteiger partial charge is 0.493 e. The summed E-state index contributed by atoms with van der Waals surface area (Å²) in [5.41, 5.74) is 3.02. The lowest BCUT2D eigenvalue weighted by Crippen LogP contribution is -2.00. The fourth-order valence-corrected chi connectivity index (χ4v) is 1.92. The van der Waals surface area contributed by atoms with Crippen LogP contribution in [0.3, 0.4) is 0 Å². The number of anilines is 1. The van der Waals surface area contributed by atoms with Crippen LogP contribution >= 0.6 is 0 Å². The fraction of sp³-hybridized carbons (Fsp3) is 0.250. The number of aliphatic hydroxyl groups is 1. The second-order valence-electron chi connectivity index (χ2n) is 4.40. The van der Waals surface area contributed by atoms with Gasteiger partial charge in [-0.3, -0.25) is 0 Å². The van der Waals surface area contributed by atoms with Crippen molar-refractivity contribution < 1.29 is 14.6 Å². The van der Waals surface area contributed by atoms with Gasteiger partial charge in [0.05, 0.1) is 20.8 Å². The summed E-state index contributed by atoms with van der Waals surface area (Å²) in [4.78, 5) is 0. The quantitative estimate of drug-likeness (QED) is 0.849. The Morgan fingerprint density at radius 1 is 0.900 bits per heavy atom. The maximum atomic E-state index is 9.00. The minimum Gasteiger partial charge on any atom is -0.493 e. The number of hydrogen-bond donors (Lipinski definition) is 2. The second-order valence-corrected chi connectivity index (χ2v) is 4.40. The monoisotopic (exact) mass is 273 g/mol. The standard InChI is InChI=1S/C16H19NO3/c1-19-15-8-5-13(9-16(15)20-2)10-17-14-6-3-12(11-18)4-7-14/h3-9,17-18H,10-11H2,1-2H3. The van der Waals surface area contributed by atoms with Gasteiger partial charge in [-0.15, -0.1) is 0 Å². The van der Waals surface area contributed by atoms with Gasteiger partial charge in [0.15, 0.2) is 11.5 Å². The lowest BCUT2D eigenvalue weighted by Gasteiger charge is -2.11. The van der Waals surface area contributed by atoms with Crippen molar-refractivity contribution in [3.8, 4) is 11.5 Å². The molecular formula is C16H19NO3. The third-order valence-electron chi connectivity index (χ3n) is 3.08. The molecule has 0 saturated carbocycles. The predicted molar refractivity (Wildman–Crippen MR) is 79.2 cm³/mol. The summed E-state index contributed by atoms with van der Waals surface area (Å²) in [7, 11) is 3.25. The summed E-state index contributed by atoms with van der Waals surface area (Å²) >= 11 is 0. The Labute approximate surface area is 119 Å². The van der Waals surface area contributed by atoms with Crippen LogP contribution in [0.4, 0.5) is 5.69 Å². The molecule has 0 saturated heterocycles. The topological polar surface area (TPSA) is 50.7 Å². The van der Waals surface area contributed by atoms with E-state index < -0.39 is 0 Å². The molecular weight excluding hydrogens is 254 g/mol. The van der Waals surface area contributed by atoms with Crippen molar-refractivity contribution in [3.05, 3.63) is 53.6 Å². The molecule has 0 aliphatic carbocycles. The molecule has 4 nitrogen and oxygen atoms in total. The van der Waals surface area contributed by atoms with Gasteiger partial charge in [0, 0.05) is 12.2 Å². The zero-order chi connectivity index (χ0) is 14.4. The van der Waals surface area contributed by atoms with Crippen molar-refractivity contribution in [2.45, 2.75) is 13.2 Å². The fourth-order valence-electron chi connectivity index (χ4n) is 1.92. The van der Waals surface area contributed by atoms with Crippen LogP contribution in [-0.4, -0.2) is 19.3 Å². The molecule has 20 heavy (non-hydrogen) atoms. The van der Waals surface area contributed by atoms with E-state index in [0.717, 1.165) is 28.3 Å². The first kappa shape index (κ1) is 14.2. The summed E-state index contributed by atoms with van der Waals surface area (Å²) in [5.74, 6) is 1.45. The number of rotatable bonds is 6. The van der Waals surface area contributed by atoms with Crippen LogP contribution in [0.5, 0.6) is 11.5 Å². The van der Waals surface area contributed by atoms with E-state index in [2.05, 4.69) is 5.32 Å². The number of nitrogens with one attached hydrogen (secondary N) is 1. The van der Waals surface area contributed by atoms with Crippen LogP contribution in [0.25, 0.3) is 0 Å². The third-order valence-corrected chi connectivity index (χ3v) is 3.08. The van der Waals surface area contributed by atoms with Crippen LogP contribution in [-0.2, 0) is 13.2 Å². The summed E-state index contributed by atoms with van der Waals surface area (Å²) in [5, 5.41) is 12.3. The molecule has 2 rings (SSSR count). The highest BCUT2D eigenvalue weighted by Gasteiger charge is 2.04. The van der Waals surface area contributed by atoms with Crippen LogP contribution < -0.4 is 14.8 Å². The van der Waals surface area contributed by atoms with Crippen molar-refractivity contribution in [1.29, 1.82) is 0 Å². The third kappa shape index (κ3) is 3.42. The minimum absolute atomic E-state index is 0.0654. The zero-order valence-corrected chi connectivity index (χ0v) is 11.7. The van der Waals surface area contributed by atoms with Crippen molar-refractivity contribution in [1.82, 2.24) is 0 Å². The van der Waals surface area contributed by atoms with Crippen molar-refractivity contribution >= 4 is 5.69 Å². The van der Waals surface area contributed by atoms with E-state index in [1.807, 2.05) is 42.5 Å². The predicted octanol–water partition coefficient (Wildman–Crippen LogP) is 2.81. The molecule has 0 unspecified atom stereocenters. The molecule has 0 radical (unpaired) electrons. The van der Waals surface area contributed by atoms with E-state index in [1.54, 1.807) is 14.2 Å². The lowest BCUT2D eigenvalue weighted by molar-refractivity contribution is 0.282. The van der Waals surface area contributed by atoms with Crippen LogP contribution in [0, 0.1) is 0 Å². The van der Waals surface area contributed by atoms with Crippen molar-refractivity contribution in [3.63, 3.8) is 0 Å². The van der Waals surface area contributed by atoms with Gasteiger partial charge in [-0.1, -0.05) is 18.2 Å². The molecule has 0 atom stereocenters. The highest BCUT2D eigenvalue weighted by Crippen LogP contribution is 2.27. The molecule has 0 fully saturated rings. The first-order chi connectivity index (χ1) is 9.76. The van der Waals surface area contributed by atoms with E-state index in [-0.39, 0.29) is 6.61 Å². The Balaban J connectivity index is 2.02. The van der Waals surface area contributed by atoms with E-state index in [4.69, 9.17) is 14.6 Å². The molecule has 106 valence electrons. The smallest absolute Gasteiger partial charge is 0.161 e. The average Bonchev–Trinajstić information content (AvgIpc) is 2.53. The Hall–Kier alpha value is -2.20. The van der Waals surface area contributed by atoms with E-state index in [1.165, 1.54) is 0 Å². The number of methoxy groups -OCH3 is 2. The first-order valence-corrected chi connectivity index (χ1v) is 6.41. The Kier molecular flexibility index (Phi) is 4.85. The van der Waals surface area contributed by atoms with Gasteiger partial charge in [-0.25, -0.2) is 0 Å². The first-order valence-electron chi connectivity index (χ1n) is 6.41. The molecule has 4 heteroatoms. The molecule has 2 aromatic rings. The highest BCUT2D eigenvalue weighted by molar-refractivity contribution is 5.47. The number of aliphatic hydroxyl groups excluding tert-OH is 1. The normalized spacial score (nSPS) is 10.2. The number of ether oxygens (including phenoxy) is 2. The number of hydrogen-bond acceptors (Lipinski definition) is 4. The molecule has 0 spiro atoms. The lowest BCUT2D eigenvalue weighted by atomic mass is 10.2.